The van der Waals surface area contributed by atoms with Gasteiger partial charge in [-0.3, -0.25) is 9.59 Å². The summed E-state index contributed by atoms with van der Waals surface area (Å²) in [6.07, 6.45) is 6.49. The van der Waals surface area contributed by atoms with Gasteiger partial charge in [0.05, 0.1) is 5.88 Å². The first kappa shape index (κ1) is 19.9. The molecule has 3 fully saturated rings. The van der Waals surface area contributed by atoms with Gasteiger partial charge in [-0.1, -0.05) is 19.8 Å². The largest absolute Gasteiger partial charge is 0.354 e. The maximum atomic E-state index is 12.7. The zero-order chi connectivity index (χ0) is 16.3. The molecule has 0 aromatic rings. The van der Waals surface area contributed by atoms with Crippen molar-refractivity contribution >= 4 is 36.0 Å². The van der Waals surface area contributed by atoms with Crippen molar-refractivity contribution in [2.24, 2.45) is 11.3 Å². The molecule has 0 aromatic carbocycles. The van der Waals surface area contributed by atoms with Crippen LogP contribution in [0, 0.1) is 11.3 Å². The summed E-state index contributed by atoms with van der Waals surface area (Å²) < 4.78 is 0. The Kier molecular flexibility index (Phi) is 7.25. The lowest BCUT2D eigenvalue weighted by molar-refractivity contribution is -0.141. The standard InChI is InChI=1S/C17H29N3O2S.ClH/c1-17(6-8-18-9-7-17)11-19-15(21)14-10-23-12-20(14)16(22)13-4-2-3-5-13;/h13-14,18H,2-12H2,1H3,(H,19,21);1H. The molecule has 2 amide bonds. The van der Waals surface area contributed by atoms with E-state index in [0.29, 0.717) is 5.88 Å². The fourth-order valence-electron chi connectivity index (χ4n) is 3.91. The molecule has 5 nitrogen and oxygen atoms in total. The van der Waals surface area contributed by atoms with Gasteiger partial charge in [-0.05, 0) is 44.2 Å². The van der Waals surface area contributed by atoms with E-state index in [4.69, 9.17) is 0 Å². The molecule has 2 heterocycles. The predicted molar refractivity (Wildman–Crippen MR) is 100 cm³/mol. The second kappa shape index (κ2) is 8.77. The molecule has 138 valence electrons. The van der Waals surface area contributed by atoms with Crippen LogP contribution in [0.2, 0.25) is 0 Å². The van der Waals surface area contributed by atoms with Gasteiger partial charge >= 0.3 is 0 Å². The summed E-state index contributed by atoms with van der Waals surface area (Å²) in [4.78, 5) is 27.1. The first-order valence-corrected chi connectivity index (χ1v) is 10.1. The van der Waals surface area contributed by atoms with Gasteiger partial charge in [-0.15, -0.1) is 24.2 Å². The Morgan fingerprint density at radius 1 is 1.25 bits per heavy atom. The average Bonchev–Trinajstić information content (AvgIpc) is 3.24. The Balaban J connectivity index is 0.00000208. The van der Waals surface area contributed by atoms with Gasteiger partial charge in [0.2, 0.25) is 11.8 Å². The maximum absolute atomic E-state index is 12.7. The highest BCUT2D eigenvalue weighted by molar-refractivity contribution is 7.99. The molecule has 2 aliphatic heterocycles. The second-order valence-corrected chi connectivity index (χ2v) is 8.58. The normalized spacial score (nSPS) is 26.9. The Morgan fingerprint density at radius 2 is 1.92 bits per heavy atom. The molecular weight excluding hydrogens is 346 g/mol. The molecule has 0 radical (unpaired) electrons. The van der Waals surface area contributed by atoms with Crippen LogP contribution in [0.5, 0.6) is 0 Å². The smallest absolute Gasteiger partial charge is 0.243 e. The number of rotatable bonds is 4. The lowest BCUT2D eigenvalue weighted by Crippen LogP contribution is -2.51. The highest BCUT2D eigenvalue weighted by Crippen LogP contribution is 2.31. The molecule has 1 aliphatic carbocycles. The fourth-order valence-corrected chi connectivity index (χ4v) is 5.07. The minimum Gasteiger partial charge on any atom is -0.354 e. The molecular formula is C17H30ClN3O2S. The molecule has 7 heteroatoms. The average molecular weight is 376 g/mol. The first-order chi connectivity index (χ1) is 11.1. The van der Waals surface area contributed by atoms with E-state index in [-0.39, 0.29) is 41.6 Å². The summed E-state index contributed by atoms with van der Waals surface area (Å²) in [5, 5.41) is 6.50. The van der Waals surface area contributed by atoms with E-state index in [1.807, 2.05) is 4.90 Å². The van der Waals surface area contributed by atoms with Crippen LogP contribution in [0.1, 0.15) is 45.4 Å². The van der Waals surface area contributed by atoms with Crippen molar-refractivity contribution in [2.75, 3.05) is 31.3 Å². The van der Waals surface area contributed by atoms with Crippen LogP contribution in [0.3, 0.4) is 0 Å². The highest BCUT2D eigenvalue weighted by atomic mass is 35.5. The van der Waals surface area contributed by atoms with E-state index in [0.717, 1.165) is 63.9 Å². The summed E-state index contributed by atoms with van der Waals surface area (Å²) in [6.45, 7) is 5.02. The van der Waals surface area contributed by atoms with Crippen molar-refractivity contribution < 1.29 is 9.59 Å². The Morgan fingerprint density at radius 3 is 2.58 bits per heavy atom. The number of hydrogen-bond acceptors (Lipinski definition) is 4. The van der Waals surface area contributed by atoms with Crippen LogP contribution in [0.15, 0.2) is 0 Å². The number of carbonyl (C=O) groups is 2. The van der Waals surface area contributed by atoms with Crippen LogP contribution in [0.25, 0.3) is 0 Å². The zero-order valence-corrected chi connectivity index (χ0v) is 16.1. The van der Waals surface area contributed by atoms with Crippen molar-refractivity contribution in [3.8, 4) is 0 Å². The molecule has 0 bridgehead atoms. The molecule has 24 heavy (non-hydrogen) atoms. The van der Waals surface area contributed by atoms with Crippen LogP contribution in [0.4, 0.5) is 0 Å². The minimum absolute atomic E-state index is 0. The van der Waals surface area contributed by atoms with Gasteiger partial charge < -0.3 is 15.5 Å². The van der Waals surface area contributed by atoms with E-state index < -0.39 is 0 Å². The van der Waals surface area contributed by atoms with Gasteiger partial charge in [0.25, 0.3) is 0 Å². The van der Waals surface area contributed by atoms with Crippen LogP contribution < -0.4 is 10.6 Å². The van der Waals surface area contributed by atoms with E-state index in [1.54, 1.807) is 11.8 Å². The van der Waals surface area contributed by atoms with Crippen molar-refractivity contribution in [3.05, 3.63) is 0 Å². The third-order valence-corrected chi connectivity index (χ3v) is 6.68. The van der Waals surface area contributed by atoms with E-state index in [2.05, 4.69) is 17.6 Å². The molecule has 2 saturated heterocycles. The Labute approximate surface area is 155 Å². The molecule has 1 atom stereocenters. The number of thioether (sulfide) groups is 1. The molecule has 1 saturated carbocycles. The summed E-state index contributed by atoms with van der Waals surface area (Å²) in [5.74, 6) is 1.82. The third kappa shape index (κ3) is 4.58. The first-order valence-electron chi connectivity index (χ1n) is 8.96. The summed E-state index contributed by atoms with van der Waals surface area (Å²) >= 11 is 1.70. The molecule has 3 rings (SSSR count). The number of nitrogens with zero attached hydrogens (tertiary/aromatic N) is 1. The van der Waals surface area contributed by atoms with E-state index >= 15 is 0 Å². The predicted octanol–water partition coefficient (Wildman–Crippen LogP) is 2.01. The SMILES string of the molecule is CC1(CNC(=O)C2CSCN2C(=O)C2CCCC2)CCNCC1.Cl. The Hall–Kier alpha value is -0.460. The molecule has 0 spiro atoms. The summed E-state index contributed by atoms with van der Waals surface area (Å²) in [6, 6.07) is -0.265. The van der Waals surface area contributed by atoms with Crippen LogP contribution in [-0.2, 0) is 9.59 Å². The van der Waals surface area contributed by atoms with E-state index in [1.165, 1.54) is 0 Å². The zero-order valence-electron chi connectivity index (χ0n) is 14.5. The number of hydrogen-bond donors (Lipinski definition) is 2. The highest BCUT2D eigenvalue weighted by Gasteiger charge is 2.39. The lowest BCUT2D eigenvalue weighted by Gasteiger charge is -2.35. The van der Waals surface area contributed by atoms with Gasteiger partial charge in [0, 0.05) is 18.2 Å². The molecule has 1 unspecified atom stereocenters. The van der Waals surface area contributed by atoms with Gasteiger partial charge in [0.1, 0.15) is 6.04 Å². The molecule has 2 N–H and O–H groups in total. The number of carbonyl (C=O) groups excluding carboxylic acids is 2. The summed E-state index contributed by atoms with van der Waals surface area (Å²) in [7, 11) is 0. The Bertz CT molecular complexity index is 451. The molecule has 3 aliphatic rings. The van der Waals surface area contributed by atoms with Crippen molar-refractivity contribution in [3.63, 3.8) is 0 Å². The van der Waals surface area contributed by atoms with Crippen molar-refractivity contribution in [1.29, 1.82) is 0 Å². The monoisotopic (exact) mass is 375 g/mol. The maximum Gasteiger partial charge on any atom is 0.243 e. The van der Waals surface area contributed by atoms with Gasteiger partial charge in [-0.2, -0.15) is 0 Å². The lowest BCUT2D eigenvalue weighted by atomic mass is 9.81. The minimum atomic E-state index is -0.265. The number of piperidine rings is 1. The third-order valence-electron chi connectivity index (χ3n) is 5.67. The van der Waals surface area contributed by atoms with Gasteiger partial charge in [-0.25, -0.2) is 0 Å². The fraction of sp³-hybridized carbons (Fsp3) is 0.882. The van der Waals surface area contributed by atoms with Crippen molar-refractivity contribution in [2.45, 2.75) is 51.5 Å². The van der Waals surface area contributed by atoms with Gasteiger partial charge in [0.15, 0.2) is 0 Å². The summed E-state index contributed by atoms with van der Waals surface area (Å²) in [5.41, 5.74) is 0.187. The second-order valence-electron chi connectivity index (χ2n) is 7.58. The molecule has 0 aromatic heterocycles. The van der Waals surface area contributed by atoms with Crippen LogP contribution in [-0.4, -0.2) is 54.0 Å². The topological polar surface area (TPSA) is 61.4 Å². The number of halogens is 1. The van der Waals surface area contributed by atoms with Crippen LogP contribution >= 0.6 is 24.2 Å². The van der Waals surface area contributed by atoms with E-state index in [9.17, 15) is 9.59 Å². The quantitative estimate of drug-likeness (QED) is 0.789. The number of nitrogens with one attached hydrogen (secondary N) is 2. The number of amides is 2. The van der Waals surface area contributed by atoms with Crippen molar-refractivity contribution in [1.82, 2.24) is 15.5 Å².